The molecule has 3 heteroatoms. The van der Waals surface area contributed by atoms with Crippen LogP contribution in [0.5, 0.6) is 0 Å². The average molecular weight is 745 g/mol. The van der Waals surface area contributed by atoms with Crippen LogP contribution in [0.3, 0.4) is 0 Å². The van der Waals surface area contributed by atoms with Crippen molar-refractivity contribution < 1.29 is 0 Å². The zero-order valence-electron chi connectivity index (χ0n) is 31.1. The van der Waals surface area contributed by atoms with Crippen molar-refractivity contribution in [3.05, 3.63) is 218 Å². The Kier molecular flexibility index (Phi) is 8.04. The number of para-hydroxylation sites is 2. The summed E-state index contributed by atoms with van der Waals surface area (Å²) in [4.78, 5) is 2.41. The summed E-state index contributed by atoms with van der Waals surface area (Å²) in [5.41, 5.74) is 14.0. The van der Waals surface area contributed by atoms with Gasteiger partial charge in [0.15, 0.2) is 0 Å². The fourth-order valence-electron chi connectivity index (χ4n) is 8.50. The van der Waals surface area contributed by atoms with E-state index in [0.717, 1.165) is 28.3 Å². The molecule has 0 aliphatic carbocycles. The molecule has 0 amide bonds. The number of benzene rings is 9. The number of anilines is 3. The lowest BCUT2D eigenvalue weighted by Crippen LogP contribution is -2.11. The van der Waals surface area contributed by atoms with Gasteiger partial charge in [-0.3, -0.25) is 0 Å². The maximum absolute atomic E-state index is 2.44. The number of aromatic nitrogens is 1. The molecule has 268 valence electrons. The van der Waals surface area contributed by atoms with Crippen molar-refractivity contribution in [3.8, 4) is 39.1 Å². The lowest BCUT2D eigenvalue weighted by Gasteiger charge is -2.28. The minimum Gasteiger partial charge on any atom is -0.310 e. The molecule has 0 aliphatic heterocycles. The highest BCUT2D eigenvalue weighted by Crippen LogP contribution is 2.44. The van der Waals surface area contributed by atoms with E-state index in [9.17, 15) is 0 Å². The van der Waals surface area contributed by atoms with Crippen molar-refractivity contribution in [2.75, 3.05) is 4.90 Å². The van der Waals surface area contributed by atoms with Crippen LogP contribution in [0, 0.1) is 0 Å². The van der Waals surface area contributed by atoms with Crippen LogP contribution in [0.4, 0.5) is 17.1 Å². The van der Waals surface area contributed by atoms with Gasteiger partial charge in [0, 0.05) is 53.6 Å². The van der Waals surface area contributed by atoms with Gasteiger partial charge in [0.2, 0.25) is 0 Å². The Morgan fingerprint density at radius 3 is 1.77 bits per heavy atom. The SMILES string of the molecule is c1ccc(-c2ccc(N(c3ccc4c5ccccc5n(-c5cccc(-c6ccc7sc8ccccc8c7c6)c5)c4c3)c3ccccc3-c3ccccc3)cc2)cc1. The van der Waals surface area contributed by atoms with Gasteiger partial charge in [-0.15, -0.1) is 11.3 Å². The second kappa shape index (κ2) is 13.8. The molecule has 0 unspecified atom stereocenters. The Bertz CT molecular complexity index is 3230. The molecule has 9 aromatic carbocycles. The first kappa shape index (κ1) is 33.2. The average Bonchev–Trinajstić information content (AvgIpc) is 3.83. The maximum Gasteiger partial charge on any atom is 0.0561 e. The summed E-state index contributed by atoms with van der Waals surface area (Å²) in [5.74, 6) is 0. The molecule has 2 heterocycles. The van der Waals surface area contributed by atoms with E-state index in [4.69, 9.17) is 0 Å². The third-order valence-corrected chi connectivity index (χ3v) is 12.3. The quantitative estimate of drug-likeness (QED) is 0.158. The fraction of sp³-hybridized carbons (Fsp3) is 0. The molecule has 0 fully saturated rings. The first-order valence-electron chi connectivity index (χ1n) is 19.4. The molecular formula is C54H36N2S. The van der Waals surface area contributed by atoms with Crippen molar-refractivity contribution in [2.24, 2.45) is 0 Å². The van der Waals surface area contributed by atoms with Gasteiger partial charge in [-0.2, -0.15) is 0 Å². The van der Waals surface area contributed by atoms with Gasteiger partial charge in [-0.1, -0.05) is 152 Å². The van der Waals surface area contributed by atoms with Crippen LogP contribution in [0.1, 0.15) is 0 Å². The Balaban J connectivity index is 1.10. The predicted octanol–water partition coefficient (Wildman–Crippen LogP) is 15.6. The minimum absolute atomic E-state index is 1.09. The van der Waals surface area contributed by atoms with E-state index in [1.165, 1.54) is 69.8 Å². The largest absolute Gasteiger partial charge is 0.310 e. The Labute approximate surface area is 335 Å². The predicted molar refractivity (Wildman–Crippen MR) is 245 cm³/mol. The van der Waals surface area contributed by atoms with Crippen LogP contribution in [0.25, 0.3) is 81.0 Å². The van der Waals surface area contributed by atoms with Crippen molar-refractivity contribution in [3.63, 3.8) is 0 Å². The minimum atomic E-state index is 1.09. The van der Waals surface area contributed by atoms with Gasteiger partial charge >= 0.3 is 0 Å². The first-order chi connectivity index (χ1) is 28.3. The number of thiophene rings is 1. The summed E-state index contributed by atoms with van der Waals surface area (Å²) in [6.45, 7) is 0. The standard InChI is InChI=1S/C54H36N2S/c1-3-14-37(15-4-1)38-26-29-42(30-27-38)55(50-23-10-7-20-45(50)39-16-5-2-6-17-39)44-31-32-47-46-21-8-11-24-51(46)56(52(47)36-44)43-19-13-18-40(34-43)41-28-33-54-49(35-41)48-22-9-12-25-53(48)57-54/h1-36H. The van der Waals surface area contributed by atoms with Crippen molar-refractivity contribution in [2.45, 2.75) is 0 Å². The molecular weight excluding hydrogens is 709 g/mol. The van der Waals surface area contributed by atoms with Crippen LogP contribution < -0.4 is 4.90 Å². The van der Waals surface area contributed by atoms with Gasteiger partial charge < -0.3 is 9.47 Å². The van der Waals surface area contributed by atoms with Gasteiger partial charge in [-0.05, 0) is 94.5 Å². The number of hydrogen-bond acceptors (Lipinski definition) is 2. The molecule has 0 atom stereocenters. The number of hydrogen-bond donors (Lipinski definition) is 0. The Morgan fingerprint density at radius 2 is 0.930 bits per heavy atom. The highest BCUT2D eigenvalue weighted by Gasteiger charge is 2.20. The zero-order chi connectivity index (χ0) is 37.7. The van der Waals surface area contributed by atoms with Crippen LogP contribution in [-0.2, 0) is 0 Å². The monoisotopic (exact) mass is 744 g/mol. The molecule has 0 radical (unpaired) electrons. The van der Waals surface area contributed by atoms with Gasteiger partial charge in [0.05, 0.1) is 16.7 Å². The number of rotatable bonds is 7. The van der Waals surface area contributed by atoms with Crippen LogP contribution >= 0.6 is 11.3 Å². The second-order valence-electron chi connectivity index (χ2n) is 14.5. The summed E-state index contributed by atoms with van der Waals surface area (Å²) < 4.78 is 5.09. The van der Waals surface area contributed by atoms with E-state index in [1.807, 2.05) is 11.3 Å². The highest BCUT2D eigenvalue weighted by atomic mass is 32.1. The summed E-state index contributed by atoms with van der Waals surface area (Å²) in [6.07, 6.45) is 0. The highest BCUT2D eigenvalue weighted by molar-refractivity contribution is 7.25. The summed E-state index contributed by atoms with van der Waals surface area (Å²) in [6, 6.07) is 79.4. The molecule has 0 aliphatic rings. The zero-order valence-corrected chi connectivity index (χ0v) is 31.9. The van der Waals surface area contributed by atoms with E-state index in [1.54, 1.807) is 0 Å². The third kappa shape index (κ3) is 5.80. The molecule has 0 N–H and O–H groups in total. The van der Waals surface area contributed by atoms with Crippen molar-refractivity contribution in [1.29, 1.82) is 0 Å². The molecule has 2 nitrogen and oxygen atoms in total. The van der Waals surface area contributed by atoms with E-state index in [0.29, 0.717) is 0 Å². The van der Waals surface area contributed by atoms with Crippen LogP contribution in [-0.4, -0.2) is 4.57 Å². The van der Waals surface area contributed by atoms with Crippen LogP contribution in [0.15, 0.2) is 218 Å². The summed E-state index contributed by atoms with van der Waals surface area (Å²) in [7, 11) is 0. The fourth-order valence-corrected chi connectivity index (χ4v) is 9.58. The number of fused-ring (bicyclic) bond motifs is 6. The lowest BCUT2D eigenvalue weighted by atomic mass is 10.0. The van der Waals surface area contributed by atoms with Gasteiger partial charge in [0.1, 0.15) is 0 Å². The molecule has 0 saturated heterocycles. The van der Waals surface area contributed by atoms with E-state index < -0.39 is 0 Å². The van der Waals surface area contributed by atoms with E-state index >= 15 is 0 Å². The van der Waals surface area contributed by atoms with Crippen molar-refractivity contribution in [1.82, 2.24) is 4.57 Å². The van der Waals surface area contributed by atoms with Crippen molar-refractivity contribution >= 4 is 70.4 Å². The summed E-state index contributed by atoms with van der Waals surface area (Å²) in [5, 5.41) is 5.09. The number of nitrogens with zero attached hydrogens (tertiary/aromatic N) is 2. The molecule has 11 rings (SSSR count). The topological polar surface area (TPSA) is 8.17 Å². The molecule has 57 heavy (non-hydrogen) atoms. The molecule has 0 bridgehead atoms. The third-order valence-electron chi connectivity index (χ3n) is 11.2. The summed E-state index contributed by atoms with van der Waals surface area (Å²) >= 11 is 1.86. The van der Waals surface area contributed by atoms with Gasteiger partial charge in [0.25, 0.3) is 0 Å². The van der Waals surface area contributed by atoms with E-state index in [-0.39, 0.29) is 0 Å². The first-order valence-corrected chi connectivity index (χ1v) is 20.2. The lowest BCUT2D eigenvalue weighted by molar-refractivity contribution is 1.18. The van der Waals surface area contributed by atoms with Gasteiger partial charge in [-0.25, -0.2) is 0 Å². The smallest absolute Gasteiger partial charge is 0.0561 e. The normalized spacial score (nSPS) is 11.5. The molecule has 0 spiro atoms. The van der Waals surface area contributed by atoms with E-state index in [2.05, 4.69) is 228 Å². The molecule has 11 aromatic rings. The molecule has 2 aromatic heterocycles. The Morgan fingerprint density at radius 1 is 0.333 bits per heavy atom. The second-order valence-corrected chi connectivity index (χ2v) is 15.6. The molecule has 0 saturated carbocycles. The van der Waals surface area contributed by atoms with Crippen LogP contribution in [0.2, 0.25) is 0 Å². The Hall–Kier alpha value is -7.20. The maximum atomic E-state index is 2.44.